The summed E-state index contributed by atoms with van der Waals surface area (Å²) in [5, 5.41) is 11.7. The molecule has 142 valence electrons. The van der Waals surface area contributed by atoms with Crippen molar-refractivity contribution in [2.45, 2.75) is 33.4 Å². The Kier molecular flexibility index (Phi) is 5.96. The highest BCUT2D eigenvalue weighted by Gasteiger charge is 2.11. The number of aromatic nitrogens is 4. The molecule has 27 heavy (non-hydrogen) atoms. The van der Waals surface area contributed by atoms with Crippen LogP contribution in [0.2, 0.25) is 5.02 Å². The van der Waals surface area contributed by atoms with Gasteiger partial charge in [0.05, 0.1) is 23.8 Å². The van der Waals surface area contributed by atoms with Gasteiger partial charge in [-0.05, 0) is 47.5 Å². The number of anilines is 1. The van der Waals surface area contributed by atoms with Gasteiger partial charge in [0.25, 0.3) is 0 Å². The SMILES string of the molecule is Cc1cc(NC(=O)CCn2ncc(Br)c2C)nn1Cc1ccc(F)cc1Cl. The van der Waals surface area contributed by atoms with Crippen LogP contribution in [0.5, 0.6) is 0 Å². The summed E-state index contributed by atoms with van der Waals surface area (Å²) in [6.07, 6.45) is 1.99. The minimum atomic E-state index is -0.381. The Balaban J connectivity index is 1.62. The van der Waals surface area contributed by atoms with Crippen LogP contribution in [0, 0.1) is 19.7 Å². The summed E-state index contributed by atoms with van der Waals surface area (Å²) in [5.74, 6) is -0.0621. The number of amides is 1. The molecule has 9 heteroatoms. The molecule has 1 N–H and O–H groups in total. The molecule has 1 amide bonds. The van der Waals surface area contributed by atoms with Crippen molar-refractivity contribution >= 4 is 39.3 Å². The summed E-state index contributed by atoms with van der Waals surface area (Å²) in [5.41, 5.74) is 2.58. The topological polar surface area (TPSA) is 64.7 Å². The number of halogens is 3. The Hall–Kier alpha value is -2.19. The first-order chi connectivity index (χ1) is 12.8. The van der Waals surface area contributed by atoms with Crippen LogP contribution in [-0.4, -0.2) is 25.5 Å². The van der Waals surface area contributed by atoms with Gasteiger partial charge in [-0.25, -0.2) is 4.39 Å². The highest BCUT2D eigenvalue weighted by atomic mass is 79.9. The summed E-state index contributed by atoms with van der Waals surface area (Å²) >= 11 is 9.47. The first-order valence-electron chi connectivity index (χ1n) is 8.29. The van der Waals surface area contributed by atoms with Crippen molar-refractivity contribution in [3.63, 3.8) is 0 Å². The van der Waals surface area contributed by atoms with Crippen LogP contribution < -0.4 is 5.32 Å². The third-order valence-electron chi connectivity index (χ3n) is 4.18. The number of hydrogen-bond donors (Lipinski definition) is 1. The van der Waals surface area contributed by atoms with Crippen molar-refractivity contribution < 1.29 is 9.18 Å². The van der Waals surface area contributed by atoms with Crippen molar-refractivity contribution in [3.8, 4) is 0 Å². The second-order valence-corrected chi connectivity index (χ2v) is 7.43. The fraction of sp³-hybridized carbons (Fsp3) is 0.278. The summed E-state index contributed by atoms with van der Waals surface area (Å²) in [6, 6.07) is 6.04. The Bertz CT molecular complexity index is 984. The second kappa shape index (κ2) is 8.22. The maximum absolute atomic E-state index is 13.2. The molecule has 0 atom stereocenters. The molecule has 0 aliphatic rings. The Morgan fingerprint density at radius 2 is 2.07 bits per heavy atom. The fourth-order valence-electron chi connectivity index (χ4n) is 2.60. The Morgan fingerprint density at radius 3 is 2.74 bits per heavy atom. The summed E-state index contributed by atoms with van der Waals surface area (Å²) in [4.78, 5) is 12.2. The smallest absolute Gasteiger partial charge is 0.227 e. The maximum Gasteiger partial charge on any atom is 0.227 e. The molecule has 0 aliphatic carbocycles. The summed E-state index contributed by atoms with van der Waals surface area (Å²) < 4.78 is 17.6. The van der Waals surface area contributed by atoms with E-state index in [2.05, 4.69) is 31.4 Å². The second-order valence-electron chi connectivity index (χ2n) is 6.16. The number of hydrogen-bond acceptors (Lipinski definition) is 3. The number of carbonyl (C=O) groups excluding carboxylic acids is 1. The van der Waals surface area contributed by atoms with Crippen molar-refractivity contribution in [2.75, 3.05) is 5.32 Å². The van der Waals surface area contributed by atoms with Crippen molar-refractivity contribution in [1.82, 2.24) is 19.6 Å². The Labute approximate surface area is 169 Å². The third-order valence-corrected chi connectivity index (χ3v) is 5.31. The van der Waals surface area contributed by atoms with E-state index in [9.17, 15) is 9.18 Å². The molecule has 3 rings (SSSR count). The number of carbonyl (C=O) groups is 1. The van der Waals surface area contributed by atoms with Crippen LogP contribution in [0.25, 0.3) is 0 Å². The fourth-order valence-corrected chi connectivity index (χ4v) is 3.13. The van der Waals surface area contributed by atoms with E-state index in [0.717, 1.165) is 21.4 Å². The molecular weight excluding hydrogens is 437 g/mol. The van der Waals surface area contributed by atoms with E-state index in [0.29, 0.717) is 23.9 Å². The lowest BCUT2D eigenvalue weighted by molar-refractivity contribution is -0.116. The van der Waals surface area contributed by atoms with Crippen LogP contribution in [0.3, 0.4) is 0 Å². The average molecular weight is 455 g/mol. The zero-order valence-electron chi connectivity index (χ0n) is 14.8. The zero-order chi connectivity index (χ0) is 19.6. The molecule has 0 radical (unpaired) electrons. The van der Waals surface area contributed by atoms with Crippen LogP contribution >= 0.6 is 27.5 Å². The molecule has 2 heterocycles. The standard InChI is InChI=1S/C18H18BrClFN5O/c1-11-7-17(23-18(27)5-6-25-12(2)15(19)9-22-25)24-26(11)10-13-3-4-14(21)8-16(13)20/h3-4,7-9H,5-6,10H2,1-2H3,(H,23,24,27). The van der Waals surface area contributed by atoms with Gasteiger partial charge >= 0.3 is 0 Å². The monoisotopic (exact) mass is 453 g/mol. The van der Waals surface area contributed by atoms with Crippen LogP contribution in [0.1, 0.15) is 23.4 Å². The van der Waals surface area contributed by atoms with Gasteiger partial charge in [0.1, 0.15) is 5.82 Å². The van der Waals surface area contributed by atoms with E-state index in [4.69, 9.17) is 11.6 Å². The number of benzene rings is 1. The highest BCUT2D eigenvalue weighted by molar-refractivity contribution is 9.10. The number of nitrogens with one attached hydrogen (secondary N) is 1. The number of nitrogens with zero attached hydrogens (tertiary/aromatic N) is 4. The molecule has 1 aromatic carbocycles. The molecule has 0 spiro atoms. The highest BCUT2D eigenvalue weighted by Crippen LogP contribution is 2.20. The van der Waals surface area contributed by atoms with Gasteiger partial charge in [0.2, 0.25) is 5.91 Å². The van der Waals surface area contributed by atoms with Crippen molar-refractivity contribution in [1.29, 1.82) is 0 Å². The zero-order valence-corrected chi connectivity index (χ0v) is 17.2. The van der Waals surface area contributed by atoms with Gasteiger partial charge in [-0.3, -0.25) is 14.2 Å². The van der Waals surface area contributed by atoms with Crippen molar-refractivity contribution in [2.24, 2.45) is 0 Å². The van der Waals surface area contributed by atoms with Crippen LogP contribution in [-0.2, 0) is 17.9 Å². The third kappa shape index (κ3) is 4.75. The first-order valence-corrected chi connectivity index (χ1v) is 9.46. The molecule has 0 saturated heterocycles. The van der Waals surface area contributed by atoms with E-state index >= 15 is 0 Å². The molecule has 3 aromatic rings. The lowest BCUT2D eigenvalue weighted by Gasteiger charge is -2.07. The van der Waals surface area contributed by atoms with E-state index in [1.165, 1.54) is 12.1 Å². The summed E-state index contributed by atoms with van der Waals surface area (Å²) in [6.45, 7) is 4.68. The van der Waals surface area contributed by atoms with Crippen LogP contribution in [0.15, 0.2) is 34.9 Å². The number of aryl methyl sites for hydroxylation is 2. The predicted molar refractivity (Wildman–Crippen MR) is 105 cm³/mol. The predicted octanol–water partition coefficient (Wildman–Crippen LogP) is 4.33. The molecule has 0 aliphatic heterocycles. The Morgan fingerprint density at radius 1 is 1.30 bits per heavy atom. The van der Waals surface area contributed by atoms with Gasteiger partial charge in [-0.2, -0.15) is 10.2 Å². The van der Waals surface area contributed by atoms with Crippen LogP contribution in [0.4, 0.5) is 10.2 Å². The van der Waals surface area contributed by atoms with Gasteiger partial charge in [-0.1, -0.05) is 17.7 Å². The average Bonchev–Trinajstić information content (AvgIpc) is 3.11. The van der Waals surface area contributed by atoms with E-state index in [1.807, 2.05) is 13.8 Å². The van der Waals surface area contributed by atoms with E-state index in [1.54, 1.807) is 27.7 Å². The molecule has 6 nitrogen and oxygen atoms in total. The number of rotatable bonds is 6. The molecule has 0 fully saturated rings. The van der Waals surface area contributed by atoms with Gasteiger partial charge in [0, 0.05) is 28.9 Å². The molecule has 0 saturated carbocycles. The molecule has 0 unspecified atom stereocenters. The largest absolute Gasteiger partial charge is 0.309 e. The molecular formula is C18H18BrClFN5O. The van der Waals surface area contributed by atoms with E-state index in [-0.39, 0.29) is 18.1 Å². The molecule has 0 bridgehead atoms. The van der Waals surface area contributed by atoms with E-state index < -0.39 is 0 Å². The van der Waals surface area contributed by atoms with Crippen molar-refractivity contribution in [3.05, 3.63) is 62.7 Å². The maximum atomic E-state index is 13.2. The molecule has 2 aromatic heterocycles. The quantitative estimate of drug-likeness (QED) is 0.603. The minimum Gasteiger partial charge on any atom is -0.309 e. The lowest BCUT2D eigenvalue weighted by atomic mass is 10.2. The normalized spacial score (nSPS) is 11.0. The minimum absolute atomic E-state index is 0.148. The first kappa shape index (κ1) is 19.6. The van der Waals surface area contributed by atoms with Gasteiger partial charge in [-0.15, -0.1) is 0 Å². The van der Waals surface area contributed by atoms with Gasteiger partial charge < -0.3 is 5.32 Å². The summed E-state index contributed by atoms with van der Waals surface area (Å²) in [7, 11) is 0. The lowest BCUT2D eigenvalue weighted by Crippen LogP contribution is -2.16. The van der Waals surface area contributed by atoms with Gasteiger partial charge in [0.15, 0.2) is 5.82 Å².